The number of amides is 1. The highest BCUT2D eigenvalue weighted by atomic mass is 31.2. The van der Waals surface area contributed by atoms with E-state index < -0.39 is 26.5 Å². The Labute approximate surface area is 294 Å². The lowest BCUT2D eigenvalue weighted by Gasteiger charge is -2.15. The van der Waals surface area contributed by atoms with Crippen LogP contribution in [0.15, 0.2) is 12.2 Å². The molecule has 0 aromatic carbocycles. The molecule has 10 heteroatoms. The minimum Gasteiger partial charge on any atom is -0.463 e. The van der Waals surface area contributed by atoms with E-state index in [1.165, 1.54) is 122 Å². The van der Waals surface area contributed by atoms with Gasteiger partial charge < -0.3 is 20.1 Å². The van der Waals surface area contributed by atoms with Crippen molar-refractivity contribution < 1.29 is 37.9 Å². The molecule has 2 atom stereocenters. The molecule has 0 spiro atoms. The topological polar surface area (TPSA) is 131 Å². The number of ether oxygens (including phenoxy) is 1. The molecule has 9 nitrogen and oxygen atoms in total. The Balaban J connectivity index is 3.54. The highest BCUT2D eigenvalue weighted by Gasteiger charge is 2.23. The number of nitrogens with one attached hydrogen (secondary N) is 1. The van der Waals surface area contributed by atoms with Gasteiger partial charge >= 0.3 is 13.8 Å². The van der Waals surface area contributed by atoms with Crippen LogP contribution in [0.5, 0.6) is 0 Å². The van der Waals surface area contributed by atoms with Crippen LogP contribution in [0.1, 0.15) is 187 Å². The summed E-state index contributed by atoms with van der Waals surface area (Å²) in [5.74, 6) is -0.522. The Morgan fingerprint density at radius 3 is 1.56 bits per heavy atom. The number of hydrogen-bond donors (Lipinski definition) is 3. The second kappa shape index (κ2) is 35.6. The van der Waals surface area contributed by atoms with Crippen molar-refractivity contribution >= 4 is 19.7 Å². The lowest BCUT2D eigenvalue weighted by Crippen LogP contribution is -2.27. The summed E-state index contributed by atoms with van der Waals surface area (Å²) in [4.78, 5) is 33.6. The average molecular weight is 704 g/mol. The van der Waals surface area contributed by atoms with Crippen LogP contribution in [-0.2, 0) is 27.9 Å². The molecule has 0 radical (unpaired) electrons. The summed E-state index contributed by atoms with van der Waals surface area (Å²) in [6.45, 7) is 3.49. The maximum atomic E-state index is 12.0. The van der Waals surface area contributed by atoms with Gasteiger partial charge in [0.15, 0.2) is 0 Å². The fourth-order valence-electron chi connectivity index (χ4n) is 5.43. The third kappa shape index (κ3) is 36.0. The summed E-state index contributed by atoms with van der Waals surface area (Å²) in [5.41, 5.74) is 0. The van der Waals surface area contributed by atoms with Crippen molar-refractivity contribution in [3.63, 3.8) is 0 Å². The number of unbranched alkanes of at least 4 members (excludes halogenated alkanes) is 22. The van der Waals surface area contributed by atoms with Crippen LogP contribution in [0, 0.1) is 0 Å². The van der Waals surface area contributed by atoms with Crippen molar-refractivity contribution in [2.24, 2.45) is 0 Å². The van der Waals surface area contributed by atoms with Gasteiger partial charge in [-0.1, -0.05) is 148 Å². The van der Waals surface area contributed by atoms with Gasteiger partial charge in [-0.15, -0.1) is 0 Å². The molecular weight excluding hydrogens is 629 g/mol. The molecule has 0 heterocycles. The molecule has 284 valence electrons. The van der Waals surface area contributed by atoms with Gasteiger partial charge in [0.25, 0.3) is 0 Å². The van der Waals surface area contributed by atoms with E-state index in [9.17, 15) is 24.2 Å². The predicted molar refractivity (Wildman–Crippen MR) is 197 cm³/mol. The summed E-state index contributed by atoms with van der Waals surface area (Å²) in [6, 6.07) is 0. The Morgan fingerprint density at radius 1 is 0.625 bits per heavy atom. The summed E-state index contributed by atoms with van der Waals surface area (Å²) in [7, 11) is -4.40. The van der Waals surface area contributed by atoms with E-state index >= 15 is 0 Å². The molecule has 0 bridgehead atoms. The third-order valence-electron chi connectivity index (χ3n) is 8.45. The maximum absolute atomic E-state index is 12.0. The molecule has 0 aliphatic rings. The van der Waals surface area contributed by atoms with Crippen molar-refractivity contribution in [2.45, 2.75) is 193 Å². The van der Waals surface area contributed by atoms with Crippen LogP contribution in [0.25, 0.3) is 0 Å². The number of aliphatic hydroxyl groups excluding tert-OH is 1. The van der Waals surface area contributed by atoms with Crippen molar-refractivity contribution in [1.82, 2.24) is 5.32 Å². The van der Waals surface area contributed by atoms with Gasteiger partial charge in [-0.3, -0.25) is 18.6 Å². The molecule has 0 rings (SSSR count). The fraction of sp³-hybridized carbons (Fsp3) is 0.895. The van der Waals surface area contributed by atoms with Crippen LogP contribution < -0.4 is 5.32 Å². The van der Waals surface area contributed by atoms with E-state index in [4.69, 9.17) is 13.8 Å². The normalized spacial score (nSPS) is 13.5. The summed E-state index contributed by atoms with van der Waals surface area (Å²) in [5, 5.41) is 12.6. The minimum atomic E-state index is -4.40. The zero-order valence-corrected chi connectivity index (χ0v) is 31.8. The highest BCUT2D eigenvalue weighted by Crippen LogP contribution is 2.42. The van der Waals surface area contributed by atoms with E-state index in [2.05, 4.69) is 31.3 Å². The smallest absolute Gasteiger partial charge is 0.463 e. The Kier molecular flexibility index (Phi) is 34.6. The molecule has 0 saturated carbocycles. The van der Waals surface area contributed by atoms with Crippen LogP contribution in [0.4, 0.5) is 0 Å². The first-order valence-electron chi connectivity index (χ1n) is 19.7. The fourth-order valence-corrected chi connectivity index (χ4v) is 6.19. The first-order chi connectivity index (χ1) is 23.3. The summed E-state index contributed by atoms with van der Waals surface area (Å²) >= 11 is 0. The Hall–Kier alpha value is -1.25. The van der Waals surface area contributed by atoms with E-state index in [0.717, 1.165) is 38.5 Å². The number of phosphoric acid groups is 1. The second-order valence-electron chi connectivity index (χ2n) is 13.3. The molecule has 48 heavy (non-hydrogen) atoms. The molecule has 0 aromatic rings. The van der Waals surface area contributed by atoms with Crippen molar-refractivity contribution in [1.29, 1.82) is 0 Å². The highest BCUT2D eigenvalue weighted by molar-refractivity contribution is 7.47. The van der Waals surface area contributed by atoms with E-state index in [1.807, 2.05) is 0 Å². The first-order valence-corrected chi connectivity index (χ1v) is 21.2. The van der Waals surface area contributed by atoms with Gasteiger partial charge in [0.2, 0.25) is 5.91 Å². The first kappa shape index (κ1) is 46.8. The SMILES string of the molecule is CCCCCCCC/C=C/CCCCCCCCCCCCCC(=O)OCC(O)COP(=O)(O)OCCNC(=O)CCCCCCCC. The molecule has 3 N–H and O–H groups in total. The van der Waals surface area contributed by atoms with Crippen LogP contribution in [-0.4, -0.2) is 54.3 Å². The Bertz CT molecular complexity index is 810. The van der Waals surface area contributed by atoms with E-state index in [-0.39, 0.29) is 32.1 Å². The Morgan fingerprint density at radius 2 is 1.06 bits per heavy atom. The number of phosphoric ester groups is 1. The molecule has 0 aliphatic carbocycles. The maximum Gasteiger partial charge on any atom is 0.472 e. The van der Waals surface area contributed by atoms with Crippen LogP contribution in [0.3, 0.4) is 0 Å². The summed E-state index contributed by atoms with van der Waals surface area (Å²) < 4.78 is 26.7. The summed E-state index contributed by atoms with van der Waals surface area (Å²) in [6.07, 6.45) is 34.6. The standard InChI is InChI=1S/C38H74NO8P/c1-3-5-7-9-11-12-13-14-15-16-17-18-19-20-21-22-23-24-25-27-29-31-38(42)45-34-36(40)35-47-48(43,44)46-33-32-39-37(41)30-28-26-10-8-6-4-2/h14-15,36,40H,3-13,16-35H2,1-2H3,(H,39,41)(H,43,44)/b15-14+. The number of hydrogen-bond acceptors (Lipinski definition) is 7. The number of esters is 1. The van der Waals surface area contributed by atoms with E-state index in [0.29, 0.717) is 6.42 Å². The minimum absolute atomic E-state index is 0.0839. The molecule has 0 aliphatic heterocycles. The number of allylic oxidation sites excluding steroid dienone is 2. The monoisotopic (exact) mass is 704 g/mol. The molecule has 0 aromatic heterocycles. The number of aliphatic hydroxyl groups is 1. The van der Waals surface area contributed by atoms with Gasteiger partial charge in [0, 0.05) is 19.4 Å². The van der Waals surface area contributed by atoms with Gasteiger partial charge in [0.05, 0.1) is 13.2 Å². The molecule has 0 saturated heterocycles. The van der Waals surface area contributed by atoms with Crippen LogP contribution >= 0.6 is 7.82 Å². The average Bonchev–Trinajstić information content (AvgIpc) is 3.07. The number of carbonyl (C=O) groups is 2. The lowest BCUT2D eigenvalue weighted by molar-refractivity contribution is -0.147. The third-order valence-corrected chi connectivity index (χ3v) is 9.43. The zero-order chi connectivity index (χ0) is 35.4. The number of rotatable bonds is 37. The van der Waals surface area contributed by atoms with Gasteiger partial charge in [-0.2, -0.15) is 0 Å². The van der Waals surface area contributed by atoms with Crippen molar-refractivity contribution in [2.75, 3.05) is 26.4 Å². The molecular formula is C38H74NO8P. The van der Waals surface area contributed by atoms with Gasteiger partial charge in [-0.25, -0.2) is 4.57 Å². The number of carbonyl (C=O) groups excluding carboxylic acids is 2. The van der Waals surface area contributed by atoms with Crippen molar-refractivity contribution in [3.8, 4) is 0 Å². The quantitative estimate of drug-likeness (QED) is 0.0252. The van der Waals surface area contributed by atoms with Gasteiger partial charge in [0.1, 0.15) is 12.7 Å². The van der Waals surface area contributed by atoms with E-state index in [1.54, 1.807) is 0 Å². The molecule has 0 fully saturated rings. The molecule has 2 unspecified atom stereocenters. The second-order valence-corrected chi connectivity index (χ2v) is 14.7. The molecule has 1 amide bonds. The van der Waals surface area contributed by atoms with Gasteiger partial charge in [-0.05, 0) is 38.5 Å². The lowest BCUT2D eigenvalue weighted by atomic mass is 10.0. The largest absolute Gasteiger partial charge is 0.472 e. The van der Waals surface area contributed by atoms with Crippen molar-refractivity contribution in [3.05, 3.63) is 12.2 Å². The van der Waals surface area contributed by atoms with Crippen LogP contribution in [0.2, 0.25) is 0 Å². The predicted octanol–water partition coefficient (Wildman–Crippen LogP) is 10.3. The zero-order valence-electron chi connectivity index (χ0n) is 30.9.